The summed E-state index contributed by atoms with van der Waals surface area (Å²) in [6, 6.07) is 22.0. The van der Waals surface area contributed by atoms with E-state index in [2.05, 4.69) is 10.6 Å². The monoisotopic (exact) mass is 641 g/mol. The van der Waals surface area contributed by atoms with Crippen LogP contribution in [0.5, 0.6) is 0 Å². The molecule has 0 aromatic heterocycles. The average molecular weight is 642 g/mol. The Labute approximate surface area is 279 Å². The highest BCUT2D eigenvalue weighted by atomic mass is 16.2. The minimum Gasteiger partial charge on any atom is -0.356 e. The van der Waals surface area contributed by atoms with Crippen molar-refractivity contribution in [3.63, 3.8) is 0 Å². The van der Waals surface area contributed by atoms with Crippen LogP contribution < -0.4 is 16.4 Å². The maximum atomic E-state index is 14.4. The molecule has 47 heavy (non-hydrogen) atoms. The van der Waals surface area contributed by atoms with E-state index in [4.69, 9.17) is 5.73 Å². The van der Waals surface area contributed by atoms with E-state index in [0.29, 0.717) is 25.9 Å². The highest BCUT2D eigenvalue weighted by Gasteiger charge is 2.34. The van der Waals surface area contributed by atoms with E-state index in [1.807, 2.05) is 86.6 Å². The van der Waals surface area contributed by atoms with Gasteiger partial charge in [0.2, 0.25) is 23.6 Å². The lowest BCUT2D eigenvalue weighted by Gasteiger charge is -2.34. The van der Waals surface area contributed by atoms with E-state index < -0.39 is 17.6 Å². The molecule has 0 saturated heterocycles. The zero-order chi connectivity index (χ0) is 34.4. The minimum absolute atomic E-state index is 0.0587. The van der Waals surface area contributed by atoms with Crippen LogP contribution >= 0.6 is 0 Å². The Balaban J connectivity index is 1.85. The highest BCUT2D eigenvalue weighted by Crippen LogP contribution is 2.20. The fraction of sp³-hybridized carbons (Fsp3) is 0.421. The third-order valence-electron chi connectivity index (χ3n) is 8.16. The third kappa shape index (κ3) is 12.3. The van der Waals surface area contributed by atoms with Gasteiger partial charge in [0.25, 0.3) is 0 Å². The number of hydrogen-bond acceptors (Lipinski definition) is 5. The van der Waals surface area contributed by atoms with E-state index in [9.17, 15) is 19.2 Å². The fourth-order valence-corrected chi connectivity index (χ4v) is 5.37. The van der Waals surface area contributed by atoms with Gasteiger partial charge in [-0.15, -0.1) is 0 Å². The van der Waals surface area contributed by atoms with Gasteiger partial charge in [0.15, 0.2) is 0 Å². The molecule has 0 fully saturated rings. The maximum absolute atomic E-state index is 14.4. The van der Waals surface area contributed by atoms with Gasteiger partial charge in [-0.1, -0.05) is 78.9 Å². The summed E-state index contributed by atoms with van der Waals surface area (Å²) >= 11 is 0. The minimum atomic E-state index is -0.857. The number of hydrogen-bond donors (Lipinski definition) is 3. The van der Waals surface area contributed by atoms with Gasteiger partial charge < -0.3 is 26.2 Å². The van der Waals surface area contributed by atoms with Crippen molar-refractivity contribution in [2.45, 2.75) is 76.9 Å². The van der Waals surface area contributed by atoms with Crippen LogP contribution in [0.3, 0.4) is 0 Å². The van der Waals surface area contributed by atoms with Gasteiger partial charge in [-0.3, -0.25) is 19.2 Å². The second-order valence-electron chi connectivity index (χ2n) is 12.9. The Bertz CT molecular complexity index is 1520. The summed E-state index contributed by atoms with van der Waals surface area (Å²) in [6.45, 7) is 6.31. The summed E-state index contributed by atoms with van der Waals surface area (Å²) in [6.07, 6.45) is 6.71. The number of likely N-dealkylation sites (N-methyl/N-ethyl adjacent to an activating group) is 2. The summed E-state index contributed by atoms with van der Waals surface area (Å²) in [7, 11) is 3.27. The Morgan fingerprint density at radius 3 is 2.04 bits per heavy atom. The average Bonchev–Trinajstić information content (AvgIpc) is 3.04. The molecule has 9 heteroatoms. The Kier molecular flexibility index (Phi) is 14.2. The highest BCUT2D eigenvalue weighted by molar-refractivity contribution is 5.95. The van der Waals surface area contributed by atoms with Crippen LogP contribution in [0, 0.1) is 0 Å². The van der Waals surface area contributed by atoms with Crippen molar-refractivity contribution >= 4 is 34.4 Å². The van der Waals surface area contributed by atoms with Crippen LogP contribution in [0.15, 0.2) is 84.9 Å². The largest absolute Gasteiger partial charge is 0.356 e. The van der Waals surface area contributed by atoms with Crippen molar-refractivity contribution in [2.75, 3.05) is 27.2 Å². The third-order valence-corrected chi connectivity index (χ3v) is 8.16. The Morgan fingerprint density at radius 2 is 1.38 bits per heavy atom. The van der Waals surface area contributed by atoms with Crippen LogP contribution in [-0.4, -0.2) is 78.2 Å². The number of nitrogens with two attached hydrogens (primary N) is 1. The molecule has 252 valence electrons. The number of benzene rings is 3. The lowest BCUT2D eigenvalue weighted by molar-refractivity contribution is -0.146. The first-order valence-electron chi connectivity index (χ1n) is 16.4. The second kappa shape index (κ2) is 18.0. The predicted molar refractivity (Wildman–Crippen MR) is 188 cm³/mol. The van der Waals surface area contributed by atoms with Gasteiger partial charge in [-0.05, 0) is 67.5 Å². The number of unbranched alkanes of at least 4 members (excludes halogenated alkanes) is 2. The molecule has 9 nitrogen and oxygen atoms in total. The zero-order valence-corrected chi connectivity index (χ0v) is 28.5. The van der Waals surface area contributed by atoms with E-state index in [1.54, 1.807) is 20.2 Å². The molecule has 0 radical (unpaired) electrons. The number of carbonyl (C=O) groups excluding carboxylic acids is 4. The summed E-state index contributed by atoms with van der Waals surface area (Å²) in [5.74, 6) is -0.954. The number of carbonyl (C=O) groups is 4. The molecule has 0 aliphatic heterocycles. The number of fused-ring (bicyclic) bond motifs is 1. The van der Waals surface area contributed by atoms with Crippen LogP contribution in [0.25, 0.3) is 10.8 Å². The first kappa shape index (κ1) is 37.0. The molecule has 4 amide bonds. The van der Waals surface area contributed by atoms with Gasteiger partial charge in [0, 0.05) is 52.5 Å². The Hall–Kier alpha value is -4.50. The molecule has 0 aliphatic carbocycles. The summed E-state index contributed by atoms with van der Waals surface area (Å²) in [4.78, 5) is 55.5. The molecule has 0 heterocycles. The molecule has 0 spiro atoms. The molecular formula is C38H51N5O4. The van der Waals surface area contributed by atoms with Gasteiger partial charge >= 0.3 is 0 Å². The van der Waals surface area contributed by atoms with Gasteiger partial charge in [0.1, 0.15) is 12.1 Å². The molecule has 0 aliphatic rings. The fourth-order valence-electron chi connectivity index (χ4n) is 5.37. The van der Waals surface area contributed by atoms with E-state index in [0.717, 1.165) is 41.2 Å². The first-order valence-corrected chi connectivity index (χ1v) is 16.4. The molecular weight excluding hydrogens is 590 g/mol. The Morgan fingerprint density at radius 1 is 0.766 bits per heavy atom. The summed E-state index contributed by atoms with van der Waals surface area (Å²) < 4.78 is 0. The first-order chi connectivity index (χ1) is 22.4. The van der Waals surface area contributed by atoms with Crippen molar-refractivity contribution in [1.29, 1.82) is 0 Å². The predicted octanol–water partition coefficient (Wildman–Crippen LogP) is 4.39. The van der Waals surface area contributed by atoms with Crippen molar-refractivity contribution in [1.82, 2.24) is 20.4 Å². The van der Waals surface area contributed by atoms with E-state index in [1.165, 1.54) is 22.8 Å². The number of rotatable bonds is 17. The summed E-state index contributed by atoms with van der Waals surface area (Å²) in [5, 5.41) is 7.93. The number of nitrogens with zero attached hydrogens (tertiary/aromatic N) is 2. The molecule has 0 bridgehead atoms. The molecule has 3 aromatic rings. The van der Waals surface area contributed by atoms with Crippen molar-refractivity contribution in [3.8, 4) is 0 Å². The van der Waals surface area contributed by atoms with Crippen molar-refractivity contribution in [3.05, 3.63) is 96.1 Å². The van der Waals surface area contributed by atoms with Crippen molar-refractivity contribution < 1.29 is 19.2 Å². The standard InChI is InChI=1S/C38H51N5O4/c1-28(44)40-23-12-7-13-24-41-36(46)33(26-29-15-8-6-9-16-29)43(5)37(47)34(42(4)35(45)19-14-22-38(2,3)39)27-30-20-21-31-17-10-11-18-32(31)25-30/h6,8-11,14-21,25,33-34H,7,12-13,22-24,26-27,39H2,1-5H3,(H,40,44)(H,41,46)/b19-14+/t33-,34-/m0/s1. The van der Waals surface area contributed by atoms with Crippen LogP contribution in [0.4, 0.5) is 0 Å². The molecule has 0 unspecified atom stereocenters. The SMILES string of the molecule is CC(=O)NCCCCCNC(=O)[C@H](Cc1ccccc1)N(C)C(=O)[C@H](Cc1ccc2ccccc2c1)N(C)C(=O)/C=C/CC(C)(C)N. The lowest BCUT2D eigenvalue weighted by Crippen LogP contribution is -2.56. The molecule has 0 saturated carbocycles. The number of amides is 4. The van der Waals surface area contributed by atoms with Crippen molar-refractivity contribution in [2.24, 2.45) is 5.73 Å². The van der Waals surface area contributed by atoms with Crippen LogP contribution in [0.1, 0.15) is 57.6 Å². The van der Waals surface area contributed by atoms with Crippen LogP contribution in [-0.2, 0) is 32.0 Å². The number of nitrogens with one attached hydrogen (secondary N) is 2. The molecule has 3 rings (SSSR count). The smallest absolute Gasteiger partial charge is 0.246 e. The van der Waals surface area contributed by atoms with Crippen LogP contribution in [0.2, 0.25) is 0 Å². The summed E-state index contributed by atoms with van der Waals surface area (Å²) in [5.41, 5.74) is 7.46. The molecule has 3 aromatic carbocycles. The normalized spacial score (nSPS) is 12.8. The molecule has 2 atom stereocenters. The lowest BCUT2D eigenvalue weighted by atomic mass is 9.98. The topological polar surface area (TPSA) is 125 Å². The van der Waals surface area contributed by atoms with E-state index >= 15 is 0 Å². The van der Waals surface area contributed by atoms with Gasteiger partial charge in [0.05, 0.1) is 0 Å². The van der Waals surface area contributed by atoms with Gasteiger partial charge in [-0.2, -0.15) is 0 Å². The van der Waals surface area contributed by atoms with E-state index in [-0.39, 0.29) is 30.0 Å². The zero-order valence-electron chi connectivity index (χ0n) is 28.5. The quantitative estimate of drug-likeness (QED) is 0.149. The van der Waals surface area contributed by atoms with Gasteiger partial charge in [-0.25, -0.2) is 0 Å². The molecule has 4 N–H and O–H groups in total. The second-order valence-corrected chi connectivity index (χ2v) is 12.9. The maximum Gasteiger partial charge on any atom is 0.246 e.